The summed E-state index contributed by atoms with van der Waals surface area (Å²) in [6.45, 7) is 6.59. The fourth-order valence-corrected chi connectivity index (χ4v) is 4.05. The molecular formula is C24H26N4O. The standard InChI is InChI=1S/C24H26N4O/c1-17-6-4-5-7-21(17)28-22-15-24(2,3)14-20(19(22)16-26-28)27-23(29)9-8-18-10-12-25-13-11-18/h4-13,16,20H,14-15H2,1-3H3,(H,27,29). The molecule has 1 N–H and O–H groups in total. The first-order chi connectivity index (χ1) is 13.9. The molecule has 148 valence electrons. The molecule has 2 aromatic heterocycles. The van der Waals surface area contributed by atoms with Crippen molar-refractivity contribution in [2.75, 3.05) is 0 Å². The van der Waals surface area contributed by atoms with Gasteiger partial charge in [0.1, 0.15) is 0 Å². The maximum absolute atomic E-state index is 12.6. The van der Waals surface area contributed by atoms with E-state index in [4.69, 9.17) is 0 Å². The minimum atomic E-state index is -0.0981. The molecule has 3 aromatic rings. The van der Waals surface area contributed by atoms with Gasteiger partial charge < -0.3 is 5.32 Å². The molecule has 29 heavy (non-hydrogen) atoms. The van der Waals surface area contributed by atoms with Crippen molar-refractivity contribution in [3.8, 4) is 5.69 Å². The predicted octanol–water partition coefficient (Wildman–Crippen LogP) is 4.42. The van der Waals surface area contributed by atoms with Crippen molar-refractivity contribution < 1.29 is 4.79 Å². The number of rotatable bonds is 4. The van der Waals surface area contributed by atoms with Gasteiger partial charge in [-0.15, -0.1) is 0 Å². The Morgan fingerprint density at radius 3 is 2.72 bits per heavy atom. The lowest BCUT2D eigenvalue weighted by molar-refractivity contribution is -0.117. The quantitative estimate of drug-likeness (QED) is 0.675. The van der Waals surface area contributed by atoms with Crippen LogP contribution in [0.4, 0.5) is 0 Å². The Kier molecular flexibility index (Phi) is 5.05. The topological polar surface area (TPSA) is 59.8 Å². The van der Waals surface area contributed by atoms with E-state index in [0.717, 1.165) is 29.7 Å². The van der Waals surface area contributed by atoms with Crippen LogP contribution in [0, 0.1) is 12.3 Å². The van der Waals surface area contributed by atoms with Gasteiger partial charge in [0.15, 0.2) is 0 Å². The summed E-state index contributed by atoms with van der Waals surface area (Å²) in [5.41, 5.74) is 5.58. The van der Waals surface area contributed by atoms with E-state index in [0.29, 0.717) is 0 Å². The maximum atomic E-state index is 12.6. The Balaban J connectivity index is 1.61. The molecule has 0 saturated carbocycles. The average molecular weight is 386 g/mol. The third-order valence-corrected chi connectivity index (χ3v) is 5.47. The van der Waals surface area contributed by atoms with Gasteiger partial charge in [0.05, 0.1) is 23.6 Å². The summed E-state index contributed by atoms with van der Waals surface area (Å²) in [6.07, 6.45) is 10.5. The molecule has 1 amide bonds. The molecule has 5 heteroatoms. The van der Waals surface area contributed by atoms with E-state index in [9.17, 15) is 4.79 Å². The molecule has 0 saturated heterocycles. The number of aryl methyl sites for hydroxylation is 1. The van der Waals surface area contributed by atoms with Gasteiger partial charge in [-0.3, -0.25) is 9.78 Å². The zero-order valence-corrected chi connectivity index (χ0v) is 17.1. The number of pyridine rings is 1. The van der Waals surface area contributed by atoms with Crippen LogP contribution in [0.3, 0.4) is 0 Å². The molecule has 2 heterocycles. The number of carbonyl (C=O) groups excluding carboxylic acids is 1. The SMILES string of the molecule is Cc1ccccc1-n1ncc2c1CC(C)(C)CC2NC(=O)C=Cc1ccncc1. The second-order valence-electron chi connectivity index (χ2n) is 8.47. The molecule has 0 bridgehead atoms. The summed E-state index contributed by atoms with van der Waals surface area (Å²) < 4.78 is 2.04. The van der Waals surface area contributed by atoms with Crippen LogP contribution < -0.4 is 5.32 Å². The highest BCUT2D eigenvalue weighted by Gasteiger charge is 2.35. The summed E-state index contributed by atoms with van der Waals surface area (Å²) in [6, 6.07) is 12.0. The third-order valence-electron chi connectivity index (χ3n) is 5.47. The van der Waals surface area contributed by atoms with Gasteiger partial charge >= 0.3 is 0 Å². The summed E-state index contributed by atoms with van der Waals surface area (Å²) in [5, 5.41) is 7.87. The van der Waals surface area contributed by atoms with Gasteiger partial charge in [-0.05, 0) is 60.6 Å². The number of nitrogens with one attached hydrogen (secondary N) is 1. The largest absolute Gasteiger partial charge is 0.346 e. The van der Waals surface area contributed by atoms with E-state index < -0.39 is 0 Å². The van der Waals surface area contributed by atoms with Gasteiger partial charge in [-0.2, -0.15) is 5.10 Å². The molecule has 1 aliphatic rings. The fourth-order valence-electron chi connectivity index (χ4n) is 4.05. The normalized spacial score (nSPS) is 17.8. The molecule has 4 rings (SSSR count). The highest BCUT2D eigenvalue weighted by molar-refractivity contribution is 5.92. The predicted molar refractivity (Wildman–Crippen MR) is 115 cm³/mol. The Hall–Kier alpha value is -3.21. The molecule has 1 aromatic carbocycles. The van der Waals surface area contributed by atoms with Crippen molar-refractivity contribution in [1.82, 2.24) is 20.1 Å². The van der Waals surface area contributed by atoms with Crippen molar-refractivity contribution in [3.63, 3.8) is 0 Å². The average Bonchev–Trinajstić information content (AvgIpc) is 3.10. The number of hydrogen-bond donors (Lipinski definition) is 1. The second-order valence-corrected chi connectivity index (χ2v) is 8.47. The summed E-state index contributed by atoms with van der Waals surface area (Å²) >= 11 is 0. The number of benzene rings is 1. The lowest BCUT2D eigenvalue weighted by Crippen LogP contribution is -2.36. The molecule has 1 aliphatic carbocycles. The van der Waals surface area contributed by atoms with Crippen LogP contribution in [0.15, 0.2) is 61.1 Å². The monoisotopic (exact) mass is 386 g/mol. The first-order valence-electron chi connectivity index (χ1n) is 9.94. The first-order valence-corrected chi connectivity index (χ1v) is 9.94. The lowest BCUT2D eigenvalue weighted by Gasteiger charge is -2.35. The van der Waals surface area contributed by atoms with Gasteiger partial charge in [0.25, 0.3) is 0 Å². The third kappa shape index (κ3) is 4.14. The fraction of sp³-hybridized carbons (Fsp3) is 0.292. The minimum Gasteiger partial charge on any atom is -0.346 e. The highest BCUT2D eigenvalue weighted by Crippen LogP contribution is 2.41. The summed E-state index contributed by atoms with van der Waals surface area (Å²) in [5.74, 6) is -0.0981. The van der Waals surface area contributed by atoms with Gasteiger partial charge in [0, 0.05) is 24.0 Å². The molecule has 0 fully saturated rings. The van der Waals surface area contributed by atoms with Crippen molar-refractivity contribution >= 4 is 12.0 Å². The van der Waals surface area contributed by atoms with Crippen LogP contribution >= 0.6 is 0 Å². The number of amides is 1. The van der Waals surface area contributed by atoms with E-state index in [1.165, 1.54) is 11.3 Å². The number of nitrogens with zero attached hydrogens (tertiary/aromatic N) is 3. The Bertz CT molecular complexity index is 1050. The van der Waals surface area contributed by atoms with Crippen molar-refractivity contribution in [2.45, 2.75) is 39.7 Å². The van der Waals surface area contributed by atoms with Crippen LogP contribution in [0.2, 0.25) is 0 Å². The number of hydrogen-bond acceptors (Lipinski definition) is 3. The van der Waals surface area contributed by atoms with Crippen molar-refractivity contribution in [1.29, 1.82) is 0 Å². The van der Waals surface area contributed by atoms with E-state index >= 15 is 0 Å². The van der Waals surface area contributed by atoms with E-state index in [-0.39, 0.29) is 17.4 Å². The highest BCUT2D eigenvalue weighted by atomic mass is 16.1. The molecular weight excluding hydrogens is 360 g/mol. The van der Waals surface area contributed by atoms with Gasteiger partial charge in [0.2, 0.25) is 5.91 Å². The van der Waals surface area contributed by atoms with Crippen molar-refractivity contribution in [2.24, 2.45) is 5.41 Å². The number of aromatic nitrogens is 3. The molecule has 1 atom stereocenters. The van der Waals surface area contributed by atoms with Crippen LogP contribution in [0.5, 0.6) is 0 Å². The minimum absolute atomic E-state index is 0.0545. The zero-order chi connectivity index (χ0) is 20.4. The van der Waals surface area contributed by atoms with E-state index in [2.05, 4.69) is 48.3 Å². The number of para-hydroxylation sites is 1. The van der Waals surface area contributed by atoms with Crippen LogP contribution in [-0.2, 0) is 11.2 Å². The number of fused-ring (bicyclic) bond motifs is 1. The van der Waals surface area contributed by atoms with Crippen molar-refractivity contribution in [3.05, 3.63) is 83.4 Å². The molecule has 1 unspecified atom stereocenters. The van der Waals surface area contributed by atoms with Crippen LogP contribution in [0.1, 0.15) is 48.7 Å². The summed E-state index contributed by atoms with van der Waals surface area (Å²) in [7, 11) is 0. The van der Waals surface area contributed by atoms with Gasteiger partial charge in [-0.1, -0.05) is 32.0 Å². The first kappa shape index (κ1) is 19.1. The van der Waals surface area contributed by atoms with E-state index in [1.54, 1.807) is 18.5 Å². The smallest absolute Gasteiger partial charge is 0.244 e. The summed E-state index contributed by atoms with van der Waals surface area (Å²) in [4.78, 5) is 16.6. The molecule has 0 aliphatic heterocycles. The zero-order valence-electron chi connectivity index (χ0n) is 17.1. The van der Waals surface area contributed by atoms with E-state index in [1.807, 2.05) is 41.2 Å². The Morgan fingerprint density at radius 2 is 1.97 bits per heavy atom. The van der Waals surface area contributed by atoms with Crippen LogP contribution in [0.25, 0.3) is 11.8 Å². The Labute approximate surface area is 171 Å². The van der Waals surface area contributed by atoms with Gasteiger partial charge in [-0.25, -0.2) is 4.68 Å². The molecule has 0 spiro atoms. The lowest BCUT2D eigenvalue weighted by atomic mass is 9.74. The number of carbonyl (C=O) groups is 1. The maximum Gasteiger partial charge on any atom is 0.244 e. The molecule has 5 nitrogen and oxygen atoms in total. The molecule has 0 radical (unpaired) electrons. The Morgan fingerprint density at radius 1 is 1.21 bits per heavy atom. The second kappa shape index (κ2) is 7.66. The van der Waals surface area contributed by atoms with Crippen LogP contribution in [-0.4, -0.2) is 20.7 Å².